The standard InChI is InChI=1S/C7H11N2.C5H5.Fe/c8-7(9)5-6-3-1-2-4-6;1-2-4-5-3-1;/h1-4,7H,5,8-9H2;1-5H;/q-1;-5;. The van der Waals surface area contributed by atoms with Crippen molar-refractivity contribution < 1.29 is 17.1 Å². The van der Waals surface area contributed by atoms with Gasteiger partial charge in [-0.15, -0.1) is 0 Å². The van der Waals surface area contributed by atoms with Crippen molar-refractivity contribution in [1.82, 2.24) is 0 Å². The molecule has 0 fully saturated rings. The van der Waals surface area contributed by atoms with Crippen LogP contribution >= 0.6 is 0 Å². The van der Waals surface area contributed by atoms with Crippen LogP contribution in [-0.4, -0.2) is 6.17 Å². The van der Waals surface area contributed by atoms with Crippen molar-refractivity contribution in [2.45, 2.75) is 12.6 Å². The van der Waals surface area contributed by atoms with Gasteiger partial charge < -0.3 is 41.8 Å². The summed E-state index contributed by atoms with van der Waals surface area (Å²) in [5, 5.41) is 0. The molecule has 0 aliphatic carbocycles. The van der Waals surface area contributed by atoms with Crippen LogP contribution < -0.4 is 11.5 Å². The first-order chi connectivity index (χ1) is 6.79. The summed E-state index contributed by atoms with van der Waals surface area (Å²) in [4.78, 5) is 0. The Morgan fingerprint density at radius 1 is 0.933 bits per heavy atom. The Morgan fingerprint density at radius 3 is 1.67 bits per heavy atom. The molecule has 0 atom stereocenters. The van der Waals surface area contributed by atoms with Gasteiger partial charge in [0.2, 0.25) is 0 Å². The van der Waals surface area contributed by atoms with E-state index in [4.69, 9.17) is 11.5 Å². The maximum Gasteiger partial charge on any atom is 0.0454 e. The van der Waals surface area contributed by atoms with Crippen LogP contribution in [0.1, 0.15) is 5.56 Å². The third-order valence-electron chi connectivity index (χ3n) is 1.76. The van der Waals surface area contributed by atoms with Gasteiger partial charge >= 0.3 is 0 Å². The smallest absolute Gasteiger partial charge is 0.0454 e. The van der Waals surface area contributed by atoms with Gasteiger partial charge in [0.15, 0.2) is 0 Å². The van der Waals surface area contributed by atoms with Crippen molar-refractivity contribution in [3.8, 4) is 0 Å². The summed E-state index contributed by atoms with van der Waals surface area (Å²) in [6.07, 6.45) is 0.555. The Kier molecular flexibility index (Phi) is 7.96. The number of nitrogens with two attached hydrogens (primary N) is 2. The van der Waals surface area contributed by atoms with Crippen molar-refractivity contribution >= 4 is 0 Å². The summed E-state index contributed by atoms with van der Waals surface area (Å²) in [6.45, 7) is 0. The van der Waals surface area contributed by atoms with E-state index in [1.807, 2.05) is 54.6 Å². The molecular formula is C12H16FeN2-6. The van der Waals surface area contributed by atoms with Crippen LogP contribution in [0.5, 0.6) is 0 Å². The zero-order valence-corrected chi connectivity index (χ0v) is 9.59. The SMILES string of the molecule is NC(N)C[c-]1cccc1.[Fe].[cH-]1[cH-][cH-][cH-][cH-]1. The third-order valence-corrected chi connectivity index (χ3v) is 1.76. The summed E-state index contributed by atoms with van der Waals surface area (Å²) < 4.78 is 0. The molecule has 0 aromatic heterocycles. The van der Waals surface area contributed by atoms with Gasteiger partial charge in [0.05, 0.1) is 0 Å². The third kappa shape index (κ3) is 7.11. The fourth-order valence-electron chi connectivity index (χ4n) is 1.14. The summed E-state index contributed by atoms with van der Waals surface area (Å²) in [5.41, 5.74) is 11.9. The van der Waals surface area contributed by atoms with E-state index in [1.54, 1.807) is 0 Å². The average molecular weight is 244 g/mol. The quantitative estimate of drug-likeness (QED) is 0.479. The Labute approximate surface area is 101 Å². The molecule has 2 rings (SSSR count). The van der Waals surface area contributed by atoms with Gasteiger partial charge in [-0.05, 0) is 6.42 Å². The molecule has 0 bridgehead atoms. The molecule has 0 aliphatic heterocycles. The second-order valence-electron chi connectivity index (χ2n) is 3.12. The van der Waals surface area contributed by atoms with Gasteiger partial charge in [-0.3, -0.25) is 0 Å². The number of rotatable bonds is 2. The van der Waals surface area contributed by atoms with Gasteiger partial charge in [-0.25, -0.2) is 12.1 Å². The van der Waals surface area contributed by atoms with Gasteiger partial charge in [0.25, 0.3) is 0 Å². The van der Waals surface area contributed by atoms with Crippen LogP contribution in [0.25, 0.3) is 0 Å². The van der Waals surface area contributed by atoms with Gasteiger partial charge in [-0.1, -0.05) is 0 Å². The van der Waals surface area contributed by atoms with Crippen LogP contribution in [0.15, 0.2) is 54.6 Å². The molecule has 0 aliphatic rings. The molecule has 0 heterocycles. The largest absolute Gasteiger partial charge is 0.748 e. The minimum Gasteiger partial charge on any atom is -0.748 e. The molecule has 2 aromatic rings. The predicted molar refractivity (Wildman–Crippen MR) is 59.9 cm³/mol. The molecule has 2 aromatic carbocycles. The fraction of sp³-hybridized carbons (Fsp3) is 0.167. The Hall–Kier alpha value is -0.861. The van der Waals surface area contributed by atoms with Crippen molar-refractivity contribution in [3.05, 3.63) is 60.2 Å². The van der Waals surface area contributed by atoms with Crippen LogP contribution in [0.3, 0.4) is 0 Å². The normalized spacial score (nSPS) is 9.00. The van der Waals surface area contributed by atoms with E-state index in [0.29, 0.717) is 0 Å². The van der Waals surface area contributed by atoms with E-state index in [-0.39, 0.29) is 23.2 Å². The molecule has 2 nitrogen and oxygen atoms in total. The molecular weight excluding hydrogens is 228 g/mol. The Bertz CT molecular complexity index is 281. The second kappa shape index (κ2) is 8.45. The topological polar surface area (TPSA) is 52.0 Å². The van der Waals surface area contributed by atoms with Crippen LogP contribution in [-0.2, 0) is 23.5 Å². The summed E-state index contributed by atoms with van der Waals surface area (Å²) in [7, 11) is 0. The molecule has 0 spiro atoms. The molecule has 0 unspecified atom stereocenters. The molecule has 88 valence electrons. The van der Waals surface area contributed by atoms with Crippen LogP contribution in [0.4, 0.5) is 0 Å². The van der Waals surface area contributed by atoms with E-state index in [1.165, 1.54) is 5.56 Å². The van der Waals surface area contributed by atoms with E-state index in [2.05, 4.69) is 0 Å². The molecule has 15 heavy (non-hydrogen) atoms. The summed E-state index contributed by atoms with van der Waals surface area (Å²) >= 11 is 0. The fourth-order valence-corrected chi connectivity index (χ4v) is 1.14. The van der Waals surface area contributed by atoms with Crippen molar-refractivity contribution in [2.75, 3.05) is 0 Å². The molecule has 0 amide bonds. The predicted octanol–water partition coefficient (Wildman–Crippen LogP) is 1.59. The zero-order valence-electron chi connectivity index (χ0n) is 8.49. The first-order valence-electron chi connectivity index (χ1n) is 4.67. The van der Waals surface area contributed by atoms with Crippen LogP contribution in [0.2, 0.25) is 0 Å². The van der Waals surface area contributed by atoms with E-state index in [0.717, 1.165) is 6.42 Å². The van der Waals surface area contributed by atoms with Gasteiger partial charge in [-0.2, -0.15) is 17.7 Å². The first-order valence-corrected chi connectivity index (χ1v) is 4.67. The van der Waals surface area contributed by atoms with Crippen molar-refractivity contribution in [1.29, 1.82) is 0 Å². The molecule has 0 saturated heterocycles. The van der Waals surface area contributed by atoms with Crippen molar-refractivity contribution in [3.63, 3.8) is 0 Å². The average Bonchev–Trinajstić information content (AvgIpc) is 2.75. The van der Waals surface area contributed by atoms with Crippen molar-refractivity contribution in [2.24, 2.45) is 11.5 Å². The zero-order chi connectivity index (χ0) is 10.2. The Morgan fingerprint density at radius 2 is 1.33 bits per heavy atom. The molecule has 4 N–H and O–H groups in total. The van der Waals surface area contributed by atoms with Crippen LogP contribution in [0, 0.1) is 0 Å². The van der Waals surface area contributed by atoms with Gasteiger partial charge in [0.1, 0.15) is 0 Å². The summed E-state index contributed by atoms with van der Waals surface area (Å²) in [5.74, 6) is 0. The Balaban J connectivity index is 0.000000280. The minimum atomic E-state index is -0.215. The monoisotopic (exact) mass is 244 g/mol. The minimum absolute atomic E-state index is 0. The maximum absolute atomic E-state index is 5.36. The maximum atomic E-state index is 5.36. The second-order valence-corrected chi connectivity index (χ2v) is 3.12. The van der Waals surface area contributed by atoms with E-state index in [9.17, 15) is 0 Å². The molecule has 3 heteroatoms. The first kappa shape index (κ1) is 14.1. The number of hydrogen-bond acceptors (Lipinski definition) is 2. The molecule has 0 radical (unpaired) electrons. The van der Waals surface area contributed by atoms with E-state index >= 15 is 0 Å². The summed E-state index contributed by atoms with van der Waals surface area (Å²) in [6, 6.07) is 18.0. The molecule has 0 saturated carbocycles. The van der Waals surface area contributed by atoms with Gasteiger partial charge in [0, 0.05) is 23.2 Å². The van der Waals surface area contributed by atoms with E-state index < -0.39 is 0 Å². The number of hydrogen-bond donors (Lipinski definition) is 2.